The van der Waals surface area contributed by atoms with Gasteiger partial charge in [0.1, 0.15) is 10.6 Å². The van der Waals surface area contributed by atoms with Crippen molar-refractivity contribution < 1.29 is 14.6 Å². The molecule has 0 spiro atoms. The van der Waals surface area contributed by atoms with E-state index in [1.54, 1.807) is 11.4 Å². The second kappa shape index (κ2) is 4.63. The van der Waals surface area contributed by atoms with Gasteiger partial charge < -0.3 is 9.84 Å². The first-order valence-electron chi connectivity index (χ1n) is 4.55. The van der Waals surface area contributed by atoms with Crippen molar-refractivity contribution in [3.05, 3.63) is 40.2 Å². The molecule has 1 N–H and O–H groups in total. The van der Waals surface area contributed by atoms with Gasteiger partial charge >= 0.3 is 5.97 Å². The fourth-order valence-corrected chi connectivity index (χ4v) is 1.78. The average molecular weight is 246 g/mol. The van der Waals surface area contributed by atoms with Gasteiger partial charge in [-0.1, -0.05) is 0 Å². The Morgan fingerprint density at radius 3 is 3.00 bits per heavy atom. The van der Waals surface area contributed by atoms with Gasteiger partial charge in [-0.05, 0) is 6.07 Å². The van der Waals surface area contributed by atoms with E-state index in [-0.39, 0.29) is 10.8 Å². The molecule has 2 rings (SSSR count). The predicted octanol–water partition coefficient (Wildman–Crippen LogP) is 2.51. The second-order valence-electron chi connectivity index (χ2n) is 3.05. The summed E-state index contributed by atoms with van der Waals surface area (Å²) in [7, 11) is 0. The SMILES string of the molecule is N#Cc1ccnc(Oc2csc(C(=O)O)c2)c1. The number of carbonyl (C=O) groups is 1. The molecule has 0 saturated carbocycles. The van der Waals surface area contributed by atoms with Gasteiger partial charge in [-0.3, -0.25) is 0 Å². The summed E-state index contributed by atoms with van der Waals surface area (Å²) in [4.78, 5) is 14.8. The van der Waals surface area contributed by atoms with E-state index in [9.17, 15) is 4.79 Å². The molecule has 5 nitrogen and oxygen atoms in total. The van der Waals surface area contributed by atoms with Crippen molar-refractivity contribution >= 4 is 17.3 Å². The molecule has 0 saturated heterocycles. The predicted molar refractivity (Wildman–Crippen MR) is 60.3 cm³/mol. The molecule has 6 heteroatoms. The van der Waals surface area contributed by atoms with Crippen LogP contribution in [-0.2, 0) is 0 Å². The second-order valence-corrected chi connectivity index (χ2v) is 3.96. The van der Waals surface area contributed by atoms with Crippen molar-refractivity contribution in [2.75, 3.05) is 0 Å². The fraction of sp³-hybridized carbons (Fsp3) is 0. The smallest absolute Gasteiger partial charge is 0.346 e. The first-order valence-corrected chi connectivity index (χ1v) is 5.43. The number of hydrogen-bond acceptors (Lipinski definition) is 5. The largest absolute Gasteiger partial charge is 0.477 e. The van der Waals surface area contributed by atoms with Gasteiger partial charge in [-0.15, -0.1) is 11.3 Å². The molecule has 0 radical (unpaired) electrons. The molecule has 0 amide bonds. The highest BCUT2D eigenvalue weighted by atomic mass is 32.1. The molecule has 0 bridgehead atoms. The third kappa shape index (κ3) is 2.59. The van der Waals surface area contributed by atoms with Crippen LogP contribution in [0.1, 0.15) is 15.2 Å². The van der Waals surface area contributed by atoms with Crippen molar-refractivity contribution in [3.8, 4) is 17.7 Å². The summed E-state index contributed by atoms with van der Waals surface area (Å²) in [6, 6.07) is 6.42. The molecular formula is C11H6N2O3S. The zero-order chi connectivity index (χ0) is 12.3. The third-order valence-corrected chi connectivity index (χ3v) is 2.77. The number of aromatic nitrogens is 1. The van der Waals surface area contributed by atoms with Crippen LogP contribution in [0, 0.1) is 11.3 Å². The van der Waals surface area contributed by atoms with E-state index < -0.39 is 5.97 Å². The van der Waals surface area contributed by atoms with E-state index in [0.29, 0.717) is 11.3 Å². The number of ether oxygens (including phenoxy) is 1. The number of thiophene rings is 1. The Morgan fingerprint density at radius 2 is 2.35 bits per heavy atom. The number of pyridine rings is 1. The van der Waals surface area contributed by atoms with Crippen molar-refractivity contribution in [1.82, 2.24) is 4.98 Å². The topological polar surface area (TPSA) is 83.2 Å². The first-order chi connectivity index (χ1) is 8.19. The highest BCUT2D eigenvalue weighted by Gasteiger charge is 2.08. The lowest BCUT2D eigenvalue weighted by atomic mass is 10.3. The van der Waals surface area contributed by atoms with Crippen LogP contribution in [0.5, 0.6) is 11.6 Å². The van der Waals surface area contributed by atoms with Gasteiger partial charge in [0.25, 0.3) is 0 Å². The molecule has 2 heterocycles. The zero-order valence-electron chi connectivity index (χ0n) is 8.45. The van der Waals surface area contributed by atoms with E-state index in [1.807, 2.05) is 6.07 Å². The first kappa shape index (κ1) is 11.1. The molecule has 0 aromatic carbocycles. The number of aromatic carboxylic acids is 1. The molecule has 0 aliphatic rings. The molecule has 17 heavy (non-hydrogen) atoms. The van der Waals surface area contributed by atoms with E-state index >= 15 is 0 Å². The minimum Gasteiger partial charge on any atom is -0.477 e. The van der Waals surface area contributed by atoms with E-state index in [2.05, 4.69) is 4.98 Å². The van der Waals surface area contributed by atoms with Gasteiger partial charge in [-0.2, -0.15) is 5.26 Å². The summed E-state index contributed by atoms with van der Waals surface area (Å²) in [6.07, 6.45) is 1.46. The molecule has 84 valence electrons. The van der Waals surface area contributed by atoms with Crippen molar-refractivity contribution in [3.63, 3.8) is 0 Å². The fourth-order valence-electron chi connectivity index (χ4n) is 1.14. The van der Waals surface area contributed by atoms with Gasteiger partial charge in [-0.25, -0.2) is 9.78 Å². The van der Waals surface area contributed by atoms with Crippen LogP contribution < -0.4 is 4.74 Å². The lowest BCUT2D eigenvalue weighted by Gasteiger charge is -2.00. The Hall–Kier alpha value is -2.39. The van der Waals surface area contributed by atoms with E-state index in [0.717, 1.165) is 11.3 Å². The zero-order valence-corrected chi connectivity index (χ0v) is 9.27. The summed E-state index contributed by atoms with van der Waals surface area (Å²) < 4.78 is 5.34. The van der Waals surface area contributed by atoms with Crippen LogP contribution in [0.25, 0.3) is 0 Å². The average Bonchev–Trinajstić information content (AvgIpc) is 2.78. The number of rotatable bonds is 3. The summed E-state index contributed by atoms with van der Waals surface area (Å²) in [5.74, 6) is -0.336. The maximum absolute atomic E-state index is 10.7. The maximum Gasteiger partial charge on any atom is 0.346 e. The monoisotopic (exact) mass is 246 g/mol. The molecular weight excluding hydrogens is 240 g/mol. The maximum atomic E-state index is 10.7. The van der Waals surface area contributed by atoms with Crippen LogP contribution in [0.3, 0.4) is 0 Å². The summed E-state index contributed by atoms with van der Waals surface area (Å²) in [5.41, 5.74) is 0.434. The summed E-state index contributed by atoms with van der Waals surface area (Å²) in [6.45, 7) is 0. The Balaban J connectivity index is 2.19. The highest BCUT2D eigenvalue weighted by Crippen LogP contribution is 2.26. The standard InChI is InChI=1S/C11H6N2O3S/c12-5-7-1-2-13-10(3-7)16-8-4-9(11(14)15)17-6-8/h1-4,6H,(H,14,15). The molecule has 0 aliphatic carbocycles. The van der Waals surface area contributed by atoms with Crippen LogP contribution in [0.2, 0.25) is 0 Å². The number of nitrogens with zero attached hydrogens (tertiary/aromatic N) is 2. The lowest BCUT2D eigenvalue weighted by Crippen LogP contribution is -1.91. The minimum atomic E-state index is -0.997. The van der Waals surface area contributed by atoms with Gasteiger partial charge in [0.15, 0.2) is 0 Å². The van der Waals surface area contributed by atoms with Crippen molar-refractivity contribution in [2.24, 2.45) is 0 Å². The normalized spacial score (nSPS) is 9.59. The van der Waals surface area contributed by atoms with Crippen LogP contribution in [0.4, 0.5) is 0 Å². The molecule has 2 aromatic rings. The summed E-state index contributed by atoms with van der Waals surface area (Å²) >= 11 is 1.07. The third-order valence-electron chi connectivity index (χ3n) is 1.87. The van der Waals surface area contributed by atoms with Crippen LogP contribution in [-0.4, -0.2) is 16.1 Å². The minimum absolute atomic E-state index is 0.191. The highest BCUT2D eigenvalue weighted by molar-refractivity contribution is 7.12. The summed E-state index contributed by atoms with van der Waals surface area (Å²) in [5, 5.41) is 19.0. The Morgan fingerprint density at radius 1 is 1.53 bits per heavy atom. The molecule has 0 fully saturated rings. The quantitative estimate of drug-likeness (QED) is 0.899. The van der Waals surface area contributed by atoms with E-state index in [4.69, 9.17) is 15.1 Å². The number of hydrogen-bond donors (Lipinski definition) is 1. The molecule has 0 unspecified atom stereocenters. The molecule has 0 atom stereocenters. The van der Waals surface area contributed by atoms with Gasteiger partial charge in [0.05, 0.1) is 11.6 Å². The van der Waals surface area contributed by atoms with Crippen molar-refractivity contribution in [2.45, 2.75) is 0 Å². The number of carboxylic acid groups (broad SMARTS) is 1. The Bertz CT molecular complexity index is 601. The Labute approximate surface area is 101 Å². The van der Waals surface area contributed by atoms with Crippen LogP contribution >= 0.6 is 11.3 Å². The Kier molecular flexibility index (Phi) is 3.03. The van der Waals surface area contributed by atoms with E-state index in [1.165, 1.54) is 18.3 Å². The number of carboxylic acids is 1. The van der Waals surface area contributed by atoms with Crippen molar-refractivity contribution in [1.29, 1.82) is 5.26 Å². The molecule has 2 aromatic heterocycles. The van der Waals surface area contributed by atoms with Crippen LogP contribution in [0.15, 0.2) is 29.8 Å². The molecule has 0 aliphatic heterocycles. The van der Waals surface area contributed by atoms with Gasteiger partial charge in [0.2, 0.25) is 5.88 Å². The number of nitriles is 1. The van der Waals surface area contributed by atoms with Gasteiger partial charge in [0, 0.05) is 23.7 Å². The lowest BCUT2D eigenvalue weighted by molar-refractivity contribution is 0.0702.